The van der Waals surface area contributed by atoms with E-state index < -0.39 is 5.92 Å². The van der Waals surface area contributed by atoms with Gasteiger partial charge in [-0.25, -0.2) is 0 Å². The molecule has 4 nitrogen and oxygen atoms in total. The van der Waals surface area contributed by atoms with E-state index >= 15 is 0 Å². The molecule has 1 aliphatic heterocycles. The molecule has 26 heavy (non-hydrogen) atoms. The molecule has 3 rings (SSSR count). The predicted octanol–water partition coefficient (Wildman–Crippen LogP) is 5.31. The summed E-state index contributed by atoms with van der Waals surface area (Å²) < 4.78 is 0.963. The smallest absolute Gasteiger partial charge is 0.229 e. The predicted molar refractivity (Wildman–Crippen MR) is 109 cm³/mol. The fraction of sp³-hybridized carbons (Fsp3) is 0.263. The van der Waals surface area contributed by atoms with Crippen molar-refractivity contribution in [2.75, 3.05) is 16.8 Å². The zero-order valence-corrected chi connectivity index (χ0v) is 17.2. The first kappa shape index (κ1) is 19.2. The molecule has 2 aromatic carbocycles. The van der Waals surface area contributed by atoms with Crippen molar-refractivity contribution in [2.45, 2.75) is 19.8 Å². The number of hydrogen-bond donors (Lipinski definition) is 1. The SMILES string of the molecule is CCc1cc(Br)ccc1NC(=O)[C@H]1CC(=O)N(c2cccc(Cl)c2Cl)C1. The summed E-state index contributed by atoms with van der Waals surface area (Å²) in [4.78, 5) is 26.6. The van der Waals surface area contributed by atoms with Crippen LogP contribution in [0.3, 0.4) is 0 Å². The van der Waals surface area contributed by atoms with Crippen LogP contribution in [0.1, 0.15) is 18.9 Å². The minimum atomic E-state index is -0.439. The second kappa shape index (κ2) is 7.99. The minimum Gasteiger partial charge on any atom is -0.326 e. The van der Waals surface area contributed by atoms with Gasteiger partial charge in [-0.15, -0.1) is 0 Å². The summed E-state index contributed by atoms with van der Waals surface area (Å²) in [5, 5.41) is 3.66. The highest BCUT2D eigenvalue weighted by Crippen LogP contribution is 2.36. The van der Waals surface area contributed by atoms with Crippen molar-refractivity contribution in [1.29, 1.82) is 0 Å². The normalized spacial score (nSPS) is 16.8. The standard InChI is InChI=1S/C19H17BrCl2N2O2/c1-2-11-8-13(20)6-7-15(11)23-19(26)12-9-17(25)24(10-12)16-5-3-4-14(21)18(16)22/h3-8,12H,2,9-10H2,1H3,(H,23,26)/t12-/m0/s1. The summed E-state index contributed by atoms with van der Waals surface area (Å²) in [7, 11) is 0. The van der Waals surface area contributed by atoms with Crippen LogP contribution in [0.4, 0.5) is 11.4 Å². The van der Waals surface area contributed by atoms with Gasteiger partial charge >= 0.3 is 0 Å². The molecule has 0 bridgehead atoms. The van der Waals surface area contributed by atoms with Crippen molar-refractivity contribution < 1.29 is 9.59 Å². The number of amides is 2. The Hall–Kier alpha value is -1.56. The number of aryl methyl sites for hydroxylation is 1. The molecule has 1 N–H and O–H groups in total. The highest BCUT2D eigenvalue weighted by Gasteiger charge is 2.36. The molecule has 1 atom stereocenters. The monoisotopic (exact) mass is 454 g/mol. The van der Waals surface area contributed by atoms with Gasteiger partial charge in [-0.05, 0) is 42.3 Å². The molecular weight excluding hydrogens is 439 g/mol. The number of rotatable bonds is 4. The van der Waals surface area contributed by atoms with E-state index in [1.165, 1.54) is 4.90 Å². The molecular formula is C19H17BrCl2N2O2. The summed E-state index contributed by atoms with van der Waals surface area (Å²) in [6, 6.07) is 10.9. The highest BCUT2D eigenvalue weighted by molar-refractivity contribution is 9.10. The van der Waals surface area contributed by atoms with E-state index in [0.29, 0.717) is 15.7 Å². The molecule has 0 radical (unpaired) electrons. The second-order valence-electron chi connectivity index (χ2n) is 6.12. The Morgan fingerprint density at radius 2 is 2.08 bits per heavy atom. The van der Waals surface area contributed by atoms with Crippen LogP contribution < -0.4 is 10.2 Å². The summed E-state index contributed by atoms with van der Waals surface area (Å²) in [6.07, 6.45) is 0.940. The Morgan fingerprint density at radius 1 is 1.31 bits per heavy atom. The van der Waals surface area contributed by atoms with Gasteiger partial charge in [-0.2, -0.15) is 0 Å². The van der Waals surface area contributed by atoms with Gasteiger partial charge in [0.1, 0.15) is 0 Å². The number of carbonyl (C=O) groups excluding carboxylic acids is 2. The van der Waals surface area contributed by atoms with Crippen LogP contribution in [0, 0.1) is 5.92 Å². The summed E-state index contributed by atoms with van der Waals surface area (Å²) >= 11 is 15.7. The average molecular weight is 456 g/mol. The van der Waals surface area contributed by atoms with Crippen LogP contribution in [0.25, 0.3) is 0 Å². The van der Waals surface area contributed by atoms with Crippen LogP contribution in [0.5, 0.6) is 0 Å². The fourth-order valence-electron chi connectivity index (χ4n) is 3.03. The zero-order chi connectivity index (χ0) is 18.8. The lowest BCUT2D eigenvalue weighted by Crippen LogP contribution is -2.28. The topological polar surface area (TPSA) is 49.4 Å². The summed E-state index contributed by atoms with van der Waals surface area (Å²) in [5.41, 5.74) is 2.34. The third kappa shape index (κ3) is 3.90. The number of nitrogens with one attached hydrogen (secondary N) is 1. The number of anilines is 2. The third-order valence-electron chi connectivity index (χ3n) is 4.42. The summed E-state index contributed by atoms with van der Waals surface area (Å²) in [6.45, 7) is 2.31. The molecule has 0 unspecified atom stereocenters. The maximum Gasteiger partial charge on any atom is 0.229 e. The molecule has 0 spiro atoms. The first-order valence-corrected chi connectivity index (χ1v) is 9.79. The molecule has 1 fully saturated rings. The van der Waals surface area contributed by atoms with Gasteiger partial charge in [0, 0.05) is 23.1 Å². The van der Waals surface area contributed by atoms with E-state index in [9.17, 15) is 9.59 Å². The molecule has 1 heterocycles. The Bertz CT molecular complexity index is 873. The lowest BCUT2D eigenvalue weighted by molar-refractivity contribution is -0.122. The maximum atomic E-state index is 12.7. The Morgan fingerprint density at radius 3 is 2.81 bits per heavy atom. The molecule has 7 heteroatoms. The van der Waals surface area contributed by atoms with E-state index in [2.05, 4.69) is 21.2 Å². The zero-order valence-electron chi connectivity index (χ0n) is 14.1. The summed E-state index contributed by atoms with van der Waals surface area (Å²) in [5.74, 6) is -0.747. The van der Waals surface area contributed by atoms with Gasteiger partial charge in [0.05, 0.1) is 21.7 Å². The van der Waals surface area contributed by atoms with E-state index in [4.69, 9.17) is 23.2 Å². The first-order valence-electron chi connectivity index (χ1n) is 8.24. The van der Waals surface area contributed by atoms with Crippen molar-refractivity contribution in [3.63, 3.8) is 0 Å². The molecule has 2 aromatic rings. The quantitative estimate of drug-likeness (QED) is 0.678. The van der Waals surface area contributed by atoms with E-state index in [1.54, 1.807) is 18.2 Å². The van der Waals surface area contributed by atoms with E-state index in [0.717, 1.165) is 22.1 Å². The number of halogens is 3. The average Bonchev–Trinajstić information content (AvgIpc) is 3.00. The van der Waals surface area contributed by atoms with Gasteiger partial charge < -0.3 is 10.2 Å². The van der Waals surface area contributed by atoms with E-state index in [1.807, 2.05) is 25.1 Å². The Labute approximate surface area is 170 Å². The molecule has 136 valence electrons. The number of carbonyl (C=O) groups is 2. The highest BCUT2D eigenvalue weighted by atomic mass is 79.9. The fourth-order valence-corrected chi connectivity index (χ4v) is 3.83. The molecule has 0 aromatic heterocycles. The molecule has 1 aliphatic rings. The second-order valence-corrected chi connectivity index (χ2v) is 7.82. The van der Waals surface area contributed by atoms with Crippen molar-refractivity contribution in [1.82, 2.24) is 0 Å². The van der Waals surface area contributed by atoms with Crippen LogP contribution in [0.15, 0.2) is 40.9 Å². The van der Waals surface area contributed by atoms with Crippen LogP contribution in [0.2, 0.25) is 10.0 Å². The van der Waals surface area contributed by atoms with Gasteiger partial charge in [0.2, 0.25) is 11.8 Å². The molecule has 0 aliphatic carbocycles. The van der Waals surface area contributed by atoms with Gasteiger partial charge in [-0.1, -0.05) is 52.1 Å². The van der Waals surface area contributed by atoms with Crippen molar-refractivity contribution >= 4 is 62.3 Å². The number of benzene rings is 2. The van der Waals surface area contributed by atoms with E-state index in [-0.39, 0.29) is 24.8 Å². The first-order chi connectivity index (χ1) is 12.4. The number of hydrogen-bond acceptors (Lipinski definition) is 2. The molecule has 1 saturated heterocycles. The van der Waals surface area contributed by atoms with Crippen LogP contribution in [-0.4, -0.2) is 18.4 Å². The van der Waals surface area contributed by atoms with Gasteiger partial charge in [0.15, 0.2) is 0 Å². The third-order valence-corrected chi connectivity index (χ3v) is 5.73. The van der Waals surface area contributed by atoms with Crippen molar-refractivity contribution in [2.24, 2.45) is 5.92 Å². The lowest BCUT2D eigenvalue weighted by atomic mass is 10.1. The van der Waals surface area contributed by atoms with Gasteiger partial charge in [0.25, 0.3) is 0 Å². The Kier molecular flexibility index (Phi) is 5.90. The van der Waals surface area contributed by atoms with Crippen LogP contribution in [-0.2, 0) is 16.0 Å². The lowest BCUT2D eigenvalue weighted by Gasteiger charge is -2.19. The van der Waals surface area contributed by atoms with Crippen molar-refractivity contribution in [3.05, 3.63) is 56.5 Å². The molecule has 2 amide bonds. The Balaban J connectivity index is 1.76. The molecule has 0 saturated carbocycles. The largest absolute Gasteiger partial charge is 0.326 e. The van der Waals surface area contributed by atoms with Crippen LogP contribution >= 0.6 is 39.1 Å². The van der Waals surface area contributed by atoms with Crippen molar-refractivity contribution in [3.8, 4) is 0 Å². The minimum absolute atomic E-state index is 0.138. The maximum absolute atomic E-state index is 12.7. The number of nitrogens with zero attached hydrogens (tertiary/aromatic N) is 1. The van der Waals surface area contributed by atoms with Gasteiger partial charge in [-0.3, -0.25) is 9.59 Å².